The van der Waals surface area contributed by atoms with Crippen LogP contribution >= 0.6 is 0 Å². The predicted molar refractivity (Wildman–Crippen MR) is 145 cm³/mol. The van der Waals surface area contributed by atoms with Gasteiger partial charge in [0.15, 0.2) is 0 Å². The van der Waals surface area contributed by atoms with Crippen LogP contribution in [0.1, 0.15) is 119 Å². The summed E-state index contributed by atoms with van der Waals surface area (Å²) < 4.78 is 36.0. The quantitative estimate of drug-likeness (QED) is 0.139. The van der Waals surface area contributed by atoms with Gasteiger partial charge in [-0.2, -0.15) is 0 Å². The summed E-state index contributed by atoms with van der Waals surface area (Å²) in [6.45, 7) is 13.4. The van der Waals surface area contributed by atoms with Crippen LogP contribution in [0.5, 0.6) is 0 Å². The first-order valence-electron chi connectivity index (χ1n) is 15.4. The molecule has 2 rings (SSSR count). The van der Waals surface area contributed by atoms with Gasteiger partial charge in [0.1, 0.15) is 0 Å². The SMILES string of the molecule is CCCOC(CC)(OCCC)OC(=O)C1CCC2CCCCC2C1C(=O)OC(CC)(OCCC)OCCC. The smallest absolute Gasteiger partial charge is 0.328 e. The van der Waals surface area contributed by atoms with Gasteiger partial charge in [-0.05, 0) is 56.8 Å². The van der Waals surface area contributed by atoms with Crippen molar-refractivity contribution >= 4 is 11.9 Å². The van der Waals surface area contributed by atoms with E-state index in [1.54, 1.807) is 0 Å². The molecule has 222 valence electrons. The molecule has 0 bridgehead atoms. The van der Waals surface area contributed by atoms with Crippen LogP contribution in [-0.2, 0) is 38.0 Å². The molecule has 0 amide bonds. The van der Waals surface area contributed by atoms with Crippen LogP contribution < -0.4 is 0 Å². The van der Waals surface area contributed by atoms with Gasteiger partial charge in [0, 0.05) is 12.8 Å². The van der Waals surface area contributed by atoms with E-state index >= 15 is 0 Å². The maximum absolute atomic E-state index is 14.0. The lowest BCUT2D eigenvalue weighted by molar-refractivity contribution is -0.370. The number of fused-ring (bicyclic) bond motifs is 1. The van der Waals surface area contributed by atoms with E-state index in [2.05, 4.69) is 0 Å². The van der Waals surface area contributed by atoms with Crippen LogP contribution in [0.3, 0.4) is 0 Å². The zero-order valence-corrected chi connectivity index (χ0v) is 24.9. The van der Waals surface area contributed by atoms with E-state index < -0.39 is 35.7 Å². The molecule has 4 atom stereocenters. The van der Waals surface area contributed by atoms with E-state index in [-0.39, 0.29) is 5.92 Å². The van der Waals surface area contributed by atoms with Gasteiger partial charge in [-0.3, -0.25) is 9.59 Å². The summed E-state index contributed by atoms with van der Waals surface area (Å²) in [6.07, 6.45) is 9.46. The first-order valence-corrected chi connectivity index (χ1v) is 15.4. The van der Waals surface area contributed by atoms with Gasteiger partial charge in [0.05, 0.1) is 38.3 Å². The molecule has 4 unspecified atom stereocenters. The summed E-state index contributed by atoms with van der Waals surface area (Å²) in [5, 5.41) is 0. The molecule has 0 aromatic rings. The molecule has 2 fully saturated rings. The molecular formula is C30H54O8. The Kier molecular flexibility index (Phi) is 14.6. The van der Waals surface area contributed by atoms with Gasteiger partial charge in [-0.15, -0.1) is 0 Å². The summed E-state index contributed by atoms with van der Waals surface area (Å²) in [4.78, 5) is 27.8. The highest BCUT2D eigenvalue weighted by atomic mass is 16.9. The third-order valence-electron chi connectivity index (χ3n) is 7.77. The zero-order chi connectivity index (χ0) is 28.0. The molecule has 0 N–H and O–H groups in total. The highest BCUT2D eigenvalue weighted by molar-refractivity contribution is 5.83. The fourth-order valence-corrected chi connectivity index (χ4v) is 5.78. The number of carbonyl (C=O) groups is 2. The summed E-state index contributed by atoms with van der Waals surface area (Å²) in [5.74, 6) is -4.54. The largest absolute Gasteiger partial charge is 0.408 e. The average molecular weight is 543 g/mol. The lowest BCUT2D eigenvalue weighted by atomic mass is 9.61. The summed E-state index contributed by atoms with van der Waals surface area (Å²) in [5.41, 5.74) is 0. The molecular weight excluding hydrogens is 488 g/mol. The maximum atomic E-state index is 14.0. The molecule has 2 aliphatic carbocycles. The predicted octanol–water partition coefficient (Wildman–Crippen LogP) is 6.74. The number of hydrogen-bond acceptors (Lipinski definition) is 8. The number of ether oxygens (including phenoxy) is 6. The molecule has 0 radical (unpaired) electrons. The summed E-state index contributed by atoms with van der Waals surface area (Å²) >= 11 is 0. The zero-order valence-electron chi connectivity index (χ0n) is 24.9. The fraction of sp³-hybridized carbons (Fsp3) is 0.933. The van der Waals surface area contributed by atoms with E-state index in [1.807, 2.05) is 41.5 Å². The van der Waals surface area contributed by atoms with Crippen LogP contribution in [0, 0.1) is 23.7 Å². The minimum Gasteiger partial charge on any atom is -0.408 e. The molecule has 2 saturated carbocycles. The lowest BCUT2D eigenvalue weighted by Gasteiger charge is -2.45. The third kappa shape index (κ3) is 8.90. The van der Waals surface area contributed by atoms with Gasteiger partial charge >= 0.3 is 23.9 Å². The van der Waals surface area contributed by atoms with Crippen molar-refractivity contribution in [2.24, 2.45) is 23.7 Å². The van der Waals surface area contributed by atoms with Crippen LogP contribution in [0.15, 0.2) is 0 Å². The highest BCUT2D eigenvalue weighted by Crippen LogP contribution is 2.48. The molecule has 0 aliphatic heterocycles. The number of hydrogen-bond donors (Lipinski definition) is 0. The van der Waals surface area contributed by atoms with Gasteiger partial charge in [0.25, 0.3) is 0 Å². The molecule has 0 saturated heterocycles. The minimum absolute atomic E-state index is 0.0682. The Morgan fingerprint density at radius 3 is 1.50 bits per heavy atom. The molecule has 2 aliphatic rings. The first-order chi connectivity index (χ1) is 18.3. The van der Waals surface area contributed by atoms with Gasteiger partial charge < -0.3 is 28.4 Å². The van der Waals surface area contributed by atoms with E-state index in [4.69, 9.17) is 28.4 Å². The van der Waals surface area contributed by atoms with Crippen molar-refractivity contribution in [2.45, 2.75) is 131 Å². The van der Waals surface area contributed by atoms with Gasteiger partial charge in [0.2, 0.25) is 0 Å². The van der Waals surface area contributed by atoms with E-state index in [9.17, 15) is 9.59 Å². The second-order valence-electron chi connectivity index (χ2n) is 10.7. The maximum Gasteiger partial charge on any atom is 0.328 e. The Morgan fingerprint density at radius 2 is 1.05 bits per heavy atom. The molecule has 0 aromatic heterocycles. The first kappa shape index (κ1) is 33.0. The monoisotopic (exact) mass is 542 g/mol. The molecule has 0 spiro atoms. The summed E-state index contributed by atoms with van der Waals surface area (Å²) in [7, 11) is 0. The van der Waals surface area contributed by atoms with Crippen molar-refractivity contribution in [3.05, 3.63) is 0 Å². The molecule has 0 aromatic carbocycles. The number of rotatable bonds is 18. The van der Waals surface area contributed by atoms with E-state index in [0.717, 1.165) is 57.8 Å². The Morgan fingerprint density at radius 1 is 0.605 bits per heavy atom. The molecule has 38 heavy (non-hydrogen) atoms. The van der Waals surface area contributed by atoms with Gasteiger partial charge in [-0.25, -0.2) is 0 Å². The Hall–Kier alpha value is -1.22. The standard InChI is InChI=1S/C30H54O8/c1-7-19-33-29(11-5,34-20-8-2)37-27(31)25-18-17-23-15-13-14-16-24(23)26(25)28(32)38-30(12-6,35-21-9-3)36-22-10-4/h23-26H,7-22H2,1-6H3. The summed E-state index contributed by atoms with van der Waals surface area (Å²) in [6, 6.07) is 0. The second-order valence-corrected chi connectivity index (χ2v) is 10.7. The van der Waals surface area contributed by atoms with Crippen LogP contribution in [-0.4, -0.2) is 50.3 Å². The van der Waals surface area contributed by atoms with Crippen molar-refractivity contribution in [2.75, 3.05) is 26.4 Å². The van der Waals surface area contributed by atoms with Crippen molar-refractivity contribution in [3.8, 4) is 0 Å². The topological polar surface area (TPSA) is 89.5 Å². The van der Waals surface area contributed by atoms with Crippen molar-refractivity contribution in [1.82, 2.24) is 0 Å². The molecule has 8 heteroatoms. The number of esters is 2. The Bertz CT molecular complexity index is 680. The van der Waals surface area contributed by atoms with Crippen LogP contribution in [0.2, 0.25) is 0 Å². The fourth-order valence-electron chi connectivity index (χ4n) is 5.78. The van der Waals surface area contributed by atoms with Crippen molar-refractivity contribution in [3.63, 3.8) is 0 Å². The van der Waals surface area contributed by atoms with Crippen molar-refractivity contribution < 1.29 is 38.0 Å². The number of carbonyl (C=O) groups excluding carboxylic acids is 2. The Labute approximate surface area is 230 Å². The Balaban J connectivity index is 2.34. The van der Waals surface area contributed by atoms with Gasteiger partial charge in [-0.1, -0.05) is 60.8 Å². The van der Waals surface area contributed by atoms with E-state index in [1.165, 1.54) is 0 Å². The second kappa shape index (κ2) is 16.8. The molecule has 0 heterocycles. The van der Waals surface area contributed by atoms with E-state index in [0.29, 0.717) is 51.6 Å². The minimum atomic E-state index is -1.44. The highest BCUT2D eigenvalue weighted by Gasteiger charge is 2.52. The van der Waals surface area contributed by atoms with Crippen molar-refractivity contribution in [1.29, 1.82) is 0 Å². The lowest BCUT2D eigenvalue weighted by Crippen LogP contribution is -2.51. The average Bonchev–Trinajstić information content (AvgIpc) is 2.95. The van der Waals surface area contributed by atoms with Crippen LogP contribution in [0.25, 0.3) is 0 Å². The normalized spacial score (nSPS) is 24.1. The molecule has 8 nitrogen and oxygen atoms in total. The van der Waals surface area contributed by atoms with Crippen LogP contribution in [0.4, 0.5) is 0 Å². The third-order valence-corrected chi connectivity index (χ3v) is 7.77.